The summed E-state index contributed by atoms with van der Waals surface area (Å²) >= 11 is 0. The first kappa shape index (κ1) is 17.1. The Morgan fingerprint density at radius 3 is 2.74 bits per heavy atom. The Balaban J connectivity index is 2.36. The summed E-state index contributed by atoms with van der Waals surface area (Å²) in [6.07, 6.45) is -2.49. The zero-order valence-corrected chi connectivity index (χ0v) is 12.7. The molecule has 4 atom stereocenters. The fraction of sp³-hybridized carbons (Fsp3) is 0.538. The number of amides is 1. The Kier molecular flexibility index (Phi) is 5.08. The smallest absolute Gasteiger partial charge is 0.278 e. The number of carbonyl (C=O) groups excluding carboxylic acids is 1. The molecule has 0 aliphatic carbocycles. The highest BCUT2D eigenvalue weighted by Crippen LogP contribution is 2.25. The summed E-state index contributed by atoms with van der Waals surface area (Å²) in [7, 11) is 0. The molecule has 2 rings (SSSR count). The van der Waals surface area contributed by atoms with Crippen LogP contribution in [0.4, 0.5) is 11.6 Å². The van der Waals surface area contributed by atoms with Crippen molar-refractivity contribution in [1.82, 2.24) is 9.97 Å². The number of nitrogens with one attached hydrogen (secondary N) is 2. The Morgan fingerprint density at radius 1 is 1.52 bits per heavy atom. The largest absolute Gasteiger partial charge is 0.390 e. The van der Waals surface area contributed by atoms with Crippen molar-refractivity contribution < 1.29 is 19.7 Å². The maximum absolute atomic E-state index is 12.0. The third-order valence-electron chi connectivity index (χ3n) is 3.46. The Morgan fingerprint density at radius 2 is 2.22 bits per heavy atom. The molecule has 0 radical (unpaired) electrons. The van der Waals surface area contributed by atoms with Crippen molar-refractivity contribution in [3.63, 3.8) is 0 Å². The number of aliphatic hydroxyl groups excluding tert-OH is 2. The van der Waals surface area contributed by atoms with E-state index < -0.39 is 35.9 Å². The molecule has 1 aromatic heterocycles. The molecule has 2 heterocycles. The molecule has 1 saturated heterocycles. The van der Waals surface area contributed by atoms with E-state index in [0.29, 0.717) is 0 Å². The molecule has 10 nitrogen and oxygen atoms in total. The zero-order chi connectivity index (χ0) is 17.1. The third-order valence-corrected chi connectivity index (χ3v) is 3.46. The molecule has 1 aliphatic rings. The van der Waals surface area contributed by atoms with Gasteiger partial charge in [-0.05, 0) is 6.92 Å². The molecule has 0 aromatic carbocycles. The van der Waals surface area contributed by atoms with E-state index in [2.05, 4.69) is 20.3 Å². The number of aromatic nitrogens is 2. The van der Waals surface area contributed by atoms with Crippen LogP contribution < -0.4 is 16.6 Å². The standard InChI is InChI=1S/C13H19N5O5/c1-5-10(20)11(21)8(23-5)3-7-9(15-4-14)12(22)18-13(17-7)16-6(2)19/h4-5,8,10-11,20-21H,3H2,1-2H3,(H2,14,15)(H2,16,17,18,19,22)/t5-,8+,10-,11+/m1/s1. The van der Waals surface area contributed by atoms with Crippen LogP contribution in [0.2, 0.25) is 0 Å². The summed E-state index contributed by atoms with van der Waals surface area (Å²) in [4.78, 5) is 33.4. The van der Waals surface area contributed by atoms with Crippen molar-refractivity contribution in [3.05, 3.63) is 16.0 Å². The van der Waals surface area contributed by atoms with Crippen LogP contribution in [0.1, 0.15) is 19.5 Å². The van der Waals surface area contributed by atoms with Gasteiger partial charge in [0.25, 0.3) is 5.56 Å². The Labute approximate surface area is 131 Å². The number of aliphatic imine (C=N–C) groups is 1. The van der Waals surface area contributed by atoms with E-state index in [1.165, 1.54) is 6.92 Å². The number of hydrogen-bond acceptors (Lipinski definition) is 7. The number of H-pyrrole nitrogens is 1. The molecule has 0 spiro atoms. The molecule has 10 heteroatoms. The Bertz CT molecular complexity index is 673. The number of nitrogens with two attached hydrogens (primary N) is 1. The lowest BCUT2D eigenvalue weighted by Crippen LogP contribution is -2.33. The number of aliphatic hydroxyl groups is 2. The van der Waals surface area contributed by atoms with Crippen LogP contribution in [0.5, 0.6) is 0 Å². The molecule has 0 saturated carbocycles. The summed E-state index contributed by atoms with van der Waals surface area (Å²) in [5, 5.41) is 22.1. The molecule has 1 aliphatic heterocycles. The predicted molar refractivity (Wildman–Crippen MR) is 81.6 cm³/mol. The summed E-state index contributed by atoms with van der Waals surface area (Å²) in [5.41, 5.74) is 4.77. The second kappa shape index (κ2) is 6.86. The predicted octanol–water partition coefficient (Wildman–Crippen LogP) is -1.60. The van der Waals surface area contributed by atoms with Gasteiger partial charge < -0.3 is 20.7 Å². The number of ether oxygens (including phenoxy) is 1. The molecule has 6 N–H and O–H groups in total. The first-order chi connectivity index (χ1) is 10.8. The van der Waals surface area contributed by atoms with Gasteiger partial charge in [0.1, 0.15) is 12.2 Å². The van der Waals surface area contributed by atoms with Crippen molar-refractivity contribution in [3.8, 4) is 0 Å². The van der Waals surface area contributed by atoms with Crippen LogP contribution in [0, 0.1) is 0 Å². The van der Waals surface area contributed by atoms with Gasteiger partial charge in [-0.25, -0.2) is 9.98 Å². The van der Waals surface area contributed by atoms with Crippen LogP contribution in [0.3, 0.4) is 0 Å². The first-order valence-corrected chi connectivity index (χ1v) is 7.00. The van der Waals surface area contributed by atoms with Gasteiger partial charge in [0, 0.05) is 13.3 Å². The molecule has 0 unspecified atom stereocenters. The van der Waals surface area contributed by atoms with Crippen molar-refractivity contribution >= 4 is 23.9 Å². The number of rotatable bonds is 4. The lowest BCUT2D eigenvalue weighted by Gasteiger charge is -2.15. The topological polar surface area (TPSA) is 163 Å². The average Bonchev–Trinajstić information content (AvgIpc) is 2.69. The highest BCUT2D eigenvalue weighted by Gasteiger charge is 2.40. The van der Waals surface area contributed by atoms with E-state index >= 15 is 0 Å². The number of nitrogens with zero attached hydrogens (tertiary/aromatic N) is 2. The Hall–Kier alpha value is -2.30. The minimum absolute atomic E-state index is 0.0196. The molecule has 126 valence electrons. The van der Waals surface area contributed by atoms with Crippen molar-refractivity contribution in [1.29, 1.82) is 0 Å². The van der Waals surface area contributed by atoms with Gasteiger partial charge in [-0.3, -0.25) is 19.9 Å². The zero-order valence-electron chi connectivity index (χ0n) is 12.7. The second-order valence-corrected chi connectivity index (χ2v) is 5.23. The van der Waals surface area contributed by atoms with E-state index in [9.17, 15) is 19.8 Å². The average molecular weight is 325 g/mol. The van der Waals surface area contributed by atoms with E-state index in [4.69, 9.17) is 10.5 Å². The summed E-state index contributed by atoms with van der Waals surface area (Å²) in [6, 6.07) is 0. The quantitative estimate of drug-likeness (QED) is 0.328. The molecule has 0 bridgehead atoms. The van der Waals surface area contributed by atoms with Crippen LogP contribution in [0.25, 0.3) is 0 Å². The van der Waals surface area contributed by atoms with E-state index in [0.717, 1.165) is 6.34 Å². The van der Waals surface area contributed by atoms with Crippen LogP contribution >= 0.6 is 0 Å². The minimum atomic E-state index is -1.12. The van der Waals surface area contributed by atoms with Crippen molar-refractivity contribution in [2.24, 2.45) is 10.7 Å². The van der Waals surface area contributed by atoms with Gasteiger partial charge in [0.2, 0.25) is 11.9 Å². The SMILES string of the molecule is CC(=O)Nc1nc(C[C@@H]2O[C@H](C)[C@@H](O)[C@H]2O)c(N=CN)c(=O)[nH]1. The third kappa shape index (κ3) is 3.73. The highest BCUT2D eigenvalue weighted by molar-refractivity contribution is 5.86. The maximum atomic E-state index is 12.0. The number of aromatic amines is 1. The summed E-state index contributed by atoms with van der Waals surface area (Å²) in [6.45, 7) is 2.90. The van der Waals surface area contributed by atoms with Crippen LogP contribution in [-0.2, 0) is 16.0 Å². The van der Waals surface area contributed by atoms with E-state index in [1.54, 1.807) is 6.92 Å². The van der Waals surface area contributed by atoms with Gasteiger partial charge in [0.05, 0.1) is 24.2 Å². The lowest BCUT2D eigenvalue weighted by atomic mass is 10.0. The second-order valence-electron chi connectivity index (χ2n) is 5.23. The molecule has 1 amide bonds. The van der Waals surface area contributed by atoms with Gasteiger partial charge in [0.15, 0.2) is 5.69 Å². The molecule has 1 fully saturated rings. The van der Waals surface area contributed by atoms with Gasteiger partial charge in [-0.15, -0.1) is 0 Å². The van der Waals surface area contributed by atoms with E-state index in [1.807, 2.05) is 0 Å². The fourth-order valence-corrected chi connectivity index (χ4v) is 2.38. The first-order valence-electron chi connectivity index (χ1n) is 7.00. The molecule has 23 heavy (non-hydrogen) atoms. The fourth-order valence-electron chi connectivity index (χ4n) is 2.38. The monoisotopic (exact) mass is 325 g/mol. The number of hydrogen-bond donors (Lipinski definition) is 5. The molecular formula is C13H19N5O5. The lowest BCUT2D eigenvalue weighted by molar-refractivity contribution is -0.114. The minimum Gasteiger partial charge on any atom is -0.390 e. The molecule has 1 aromatic rings. The van der Waals surface area contributed by atoms with Gasteiger partial charge in [-0.1, -0.05) is 0 Å². The van der Waals surface area contributed by atoms with Crippen molar-refractivity contribution in [2.75, 3.05) is 5.32 Å². The van der Waals surface area contributed by atoms with Gasteiger partial charge >= 0.3 is 0 Å². The summed E-state index contributed by atoms with van der Waals surface area (Å²) in [5.74, 6) is -0.454. The van der Waals surface area contributed by atoms with Crippen molar-refractivity contribution in [2.45, 2.75) is 44.7 Å². The van der Waals surface area contributed by atoms with Crippen LogP contribution in [-0.4, -0.2) is 56.8 Å². The van der Waals surface area contributed by atoms with E-state index in [-0.39, 0.29) is 23.8 Å². The summed E-state index contributed by atoms with van der Waals surface area (Å²) < 4.78 is 5.46. The normalized spacial score (nSPS) is 27.5. The van der Waals surface area contributed by atoms with Gasteiger partial charge in [-0.2, -0.15) is 0 Å². The maximum Gasteiger partial charge on any atom is 0.278 e. The highest BCUT2D eigenvalue weighted by atomic mass is 16.5. The number of carbonyl (C=O) groups is 1. The van der Waals surface area contributed by atoms with Crippen LogP contribution in [0.15, 0.2) is 9.79 Å². The number of anilines is 1. The molecular weight excluding hydrogens is 306 g/mol.